The molecule has 3 heterocycles. The lowest BCUT2D eigenvalue weighted by Gasteiger charge is -2.31. The molecule has 3 aromatic rings. The molecule has 4 rings (SSSR count). The number of hydrogen-bond donors (Lipinski definition) is 1. The average Bonchev–Trinajstić information content (AvgIpc) is 3.30. The first-order valence-corrected chi connectivity index (χ1v) is 8.74. The van der Waals surface area contributed by atoms with Gasteiger partial charge in [-0.15, -0.1) is 10.2 Å². The Bertz CT molecular complexity index is 896. The minimum absolute atomic E-state index is 0.124. The first kappa shape index (κ1) is 16.5. The van der Waals surface area contributed by atoms with Gasteiger partial charge < -0.3 is 9.32 Å². The number of hydrogen-bond acceptors (Lipinski definition) is 5. The molecule has 0 spiro atoms. The standard InChI is InChI=1S/C19H21N5O2/c1-19(2,15-7-5-13(6-8-15)17-20-22-23-21-17)18(25)24-10-3-4-16-14(12-24)9-11-26-16/h5-9,11H,3-4,10,12H2,1-2H3,(H,20,21,22,23). The topological polar surface area (TPSA) is 87.9 Å². The van der Waals surface area contributed by atoms with Gasteiger partial charge in [0.05, 0.1) is 11.7 Å². The van der Waals surface area contributed by atoms with Crippen molar-refractivity contribution in [1.29, 1.82) is 0 Å². The van der Waals surface area contributed by atoms with Crippen LogP contribution in [0.1, 0.15) is 37.2 Å². The Hall–Kier alpha value is -2.96. The molecule has 0 atom stereocenters. The van der Waals surface area contributed by atoms with Gasteiger partial charge in [-0.3, -0.25) is 4.79 Å². The summed E-state index contributed by atoms with van der Waals surface area (Å²) in [5.74, 6) is 1.67. The van der Waals surface area contributed by atoms with Gasteiger partial charge in [-0.2, -0.15) is 5.21 Å². The summed E-state index contributed by atoms with van der Waals surface area (Å²) >= 11 is 0. The van der Waals surface area contributed by atoms with Gasteiger partial charge in [-0.05, 0) is 37.1 Å². The minimum atomic E-state index is -0.621. The highest BCUT2D eigenvalue weighted by atomic mass is 16.3. The van der Waals surface area contributed by atoms with E-state index in [1.54, 1.807) is 6.26 Å². The van der Waals surface area contributed by atoms with Crippen molar-refractivity contribution in [3.63, 3.8) is 0 Å². The van der Waals surface area contributed by atoms with E-state index in [0.717, 1.165) is 41.8 Å². The zero-order chi connectivity index (χ0) is 18.1. The van der Waals surface area contributed by atoms with E-state index in [4.69, 9.17) is 4.42 Å². The molecule has 1 aliphatic heterocycles. The van der Waals surface area contributed by atoms with Gasteiger partial charge in [-0.1, -0.05) is 24.3 Å². The summed E-state index contributed by atoms with van der Waals surface area (Å²) in [6.45, 7) is 5.29. The molecule has 0 saturated carbocycles. The maximum absolute atomic E-state index is 13.3. The summed E-state index contributed by atoms with van der Waals surface area (Å²) in [7, 11) is 0. The molecule has 1 N–H and O–H groups in total. The number of rotatable bonds is 3. The van der Waals surface area contributed by atoms with E-state index in [0.29, 0.717) is 12.4 Å². The van der Waals surface area contributed by atoms with Gasteiger partial charge in [-0.25, -0.2) is 0 Å². The number of amides is 1. The molecule has 1 amide bonds. The molecule has 134 valence electrons. The molecule has 0 radical (unpaired) electrons. The van der Waals surface area contributed by atoms with Crippen molar-refractivity contribution < 1.29 is 9.21 Å². The summed E-state index contributed by atoms with van der Waals surface area (Å²) in [6, 6.07) is 9.74. The molecule has 7 nitrogen and oxygen atoms in total. The fourth-order valence-electron chi connectivity index (χ4n) is 3.45. The third kappa shape index (κ3) is 2.89. The summed E-state index contributed by atoms with van der Waals surface area (Å²) in [6.07, 6.45) is 3.51. The average molecular weight is 351 g/mol. The van der Waals surface area contributed by atoms with Crippen LogP contribution in [-0.2, 0) is 23.2 Å². The summed E-state index contributed by atoms with van der Waals surface area (Å²) < 4.78 is 5.53. The summed E-state index contributed by atoms with van der Waals surface area (Å²) in [4.78, 5) is 15.2. The maximum Gasteiger partial charge on any atom is 0.232 e. The van der Waals surface area contributed by atoms with Crippen LogP contribution in [-0.4, -0.2) is 38.0 Å². The second kappa shape index (κ2) is 6.40. The normalized spacial score (nSPS) is 14.8. The molecular weight excluding hydrogens is 330 g/mol. The van der Waals surface area contributed by atoms with Gasteiger partial charge in [0, 0.05) is 30.6 Å². The zero-order valence-corrected chi connectivity index (χ0v) is 14.9. The summed E-state index contributed by atoms with van der Waals surface area (Å²) in [5, 5.41) is 14.0. The molecule has 2 aromatic heterocycles. The largest absolute Gasteiger partial charge is 0.469 e. The van der Waals surface area contributed by atoms with Crippen molar-refractivity contribution in [3.8, 4) is 11.4 Å². The third-order valence-electron chi connectivity index (χ3n) is 5.06. The lowest BCUT2D eigenvalue weighted by atomic mass is 9.82. The van der Waals surface area contributed by atoms with Gasteiger partial charge in [0.2, 0.25) is 11.7 Å². The van der Waals surface area contributed by atoms with Crippen LogP contribution in [0.4, 0.5) is 0 Å². The first-order valence-electron chi connectivity index (χ1n) is 8.74. The van der Waals surface area contributed by atoms with Crippen LogP contribution >= 0.6 is 0 Å². The number of nitrogens with zero attached hydrogens (tertiary/aromatic N) is 4. The van der Waals surface area contributed by atoms with E-state index in [1.165, 1.54) is 0 Å². The molecule has 7 heteroatoms. The van der Waals surface area contributed by atoms with Crippen LogP contribution in [0.2, 0.25) is 0 Å². The van der Waals surface area contributed by atoms with E-state index < -0.39 is 5.41 Å². The molecule has 0 fully saturated rings. The number of furan rings is 1. The molecule has 1 aliphatic rings. The van der Waals surface area contributed by atoms with Gasteiger partial charge in [0.25, 0.3) is 0 Å². The number of carbonyl (C=O) groups is 1. The molecular formula is C19H21N5O2. The molecule has 0 bridgehead atoms. The first-order chi connectivity index (χ1) is 12.6. The summed E-state index contributed by atoms with van der Waals surface area (Å²) in [5.41, 5.74) is 2.32. The molecule has 0 unspecified atom stereocenters. The number of aryl methyl sites for hydroxylation is 1. The van der Waals surface area contributed by atoms with Crippen molar-refractivity contribution >= 4 is 5.91 Å². The van der Waals surface area contributed by atoms with Crippen LogP contribution in [0.3, 0.4) is 0 Å². The lowest BCUT2D eigenvalue weighted by Crippen LogP contribution is -2.43. The Morgan fingerprint density at radius 1 is 1.23 bits per heavy atom. The van der Waals surface area contributed by atoms with Gasteiger partial charge >= 0.3 is 0 Å². The maximum atomic E-state index is 13.3. The fraction of sp³-hybridized carbons (Fsp3) is 0.368. The van der Waals surface area contributed by atoms with Crippen molar-refractivity contribution in [3.05, 3.63) is 53.5 Å². The van der Waals surface area contributed by atoms with Gasteiger partial charge in [0.1, 0.15) is 5.76 Å². The Kier molecular flexibility index (Phi) is 4.06. The van der Waals surface area contributed by atoms with Crippen molar-refractivity contribution in [2.75, 3.05) is 6.54 Å². The van der Waals surface area contributed by atoms with Crippen molar-refractivity contribution in [2.45, 2.75) is 38.6 Å². The molecule has 0 aliphatic carbocycles. The Morgan fingerprint density at radius 2 is 2.04 bits per heavy atom. The Labute approximate surface area is 151 Å². The zero-order valence-electron chi connectivity index (χ0n) is 14.9. The number of aromatic nitrogens is 4. The van der Waals surface area contributed by atoms with Crippen LogP contribution in [0, 0.1) is 0 Å². The molecule has 0 saturated heterocycles. The Morgan fingerprint density at radius 3 is 2.77 bits per heavy atom. The van der Waals surface area contributed by atoms with Crippen LogP contribution in [0.5, 0.6) is 0 Å². The molecule has 26 heavy (non-hydrogen) atoms. The monoisotopic (exact) mass is 351 g/mol. The highest BCUT2D eigenvalue weighted by molar-refractivity contribution is 5.87. The fourth-order valence-corrected chi connectivity index (χ4v) is 3.45. The highest BCUT2D eigenvalue weighted by Gasteiger charge is 2.35. The van der Waals surface area contributed by atoms with E-state index in [-0.39, 0.29) is 5.91 Å². The van der Waals surface area contributed by atoms with Crippen molar-refractivity contribution in [2.24, 2.45) is 0 Å². The Balaban J connectivity index is 1.56. The third-order valence-corrected chi connectivity index (χ3v) is 5.06. The van der Waals surface area contributed by atoms with E-state index in [9.17, 15) is 4.79 Å². The molecule has 1 aromatic carbocycles. The predicted molar refractivity (Wildman–Crippen MR) is 95.1 cm³/mol. The number of carbonyl (C=O) groups excluding carboxylic acids is 1. The van der Waals surface area contributed by atoms with E-state index in [2.05, 4.69) is 20.6 Å². The van der Waals surface area contributed by atoms with E-state index >= 15 is 0 Å². The number of fused-ring (bicyclic) bond motifs is 1. The lowest BCUT2D eigenvalue weighted by molar-refractivity contribution is -0.136. The number of nitrogens with one attached hydrogen (secondary N) is 1. The van der Waals surface area contributed by atoms with Crippen LogP contribution in [0.15, 0.2) is 41.0 Å². The second-order valence-corrected chi connectivity index (χ2v) is 7.14. The number of tetrazole rings is 1. The smallest absolute Gasteiger partial charge is 0.232 e. The minimum Gasteiger partial charge on any atom is -0.469 e. The number of H-pyrrole nitrogens is 1. The predicted octanol–water partition coefficient (Wildman–Crippen LogP) is 2.71. The van der Waals surface area contributed by atoms with E-state index in [1.807, 2.05) is 49.1 Å². The quantitative estimate of drug-likeness (QED) is 0.784. The van der Waals surface area contributed by atoms with Gasteiger partial charge in [0.15, 0.2) is 0 Å². The number of benzene rings is 1. The van der Waals surface area contributed by atoms with Crippen LogP contribution < -0.4 is 0 Å². The SMILES string of the molecule is CC(C)(C(=O)N1CCCc2occc2C1)c1ccc(-c2nn[nH]n2)cc1. The van der Waals surface area contributed by atoms with Crippen LogP contribution in [0.25, 0.3) is 11.4 Å². The second-order valence-electron chi connectivity index (χ2n) is 7.14. The number of aromatic amines is 1. The van der Waals surface area contributed by atoms with Crippen molar-refractivity contribution in [1.82, 2.24) is 25.5 Å². The highest BCUT2D eigenvalue weighted by Crippen LogP contribution is 2.30.